The van der Waals surface area contributed by atoms with Crippen molar-refractivity contribution in [2.24, 2.45) is 0 Å². The van der Waals surface area contributed by atoms with Crippen LogP contribution in [0.25, 0.3) is 0 Å². The summed E-state index contributed by atoms with van der Waals surface area (Å²) in [5.41, 5.74) is 6.47. The fourth-order valence-corrected chi connectivity index (χ4v) is 3.09. The van der Waals surface area contributed by atoms with Gasteiger partial charge in [-0.3, -0.25) is 20.4 Å². The number of hydrogen-bond acceptors (Lipinski definition) is 4. The molecule has 0 atom stereocenters. The second-order valence-corrected chi connectivity index (χ2v) is 7.17. The molecule has 3 rings (SSSR count). The van der Waals surface area contributed by atoms with Crippen molar-refractivity contribution in [1.29, 1.82) is 0 Å². The third-order valence-corrected chi connectivity index (χ3v) is 4.64. The molecule has 3 aromatic carbocycles. The first-order chi connectivity index (χ1) is 14.6. The number of benzene rings is 3. The van der Waals surface area contributed by atoms with Crippen molar-refractivity contribution in [3.05, 3.63) is 94.0 Å². The number of hydrazine groups is 1. The summed E-state index contributed by atoms with van der Waals surface area (Å²) in [5.74, 6) is -0.125. The van der Waals surface area contributed by atoms with Crippen LogP contribution in [-0.4, -0.2) is 18.4 Å². The maximum atomic E-state index is 12.6. The third-order valence-electron chi connectivity index (χ3n) is 4.14. The molecule has 2 N–H and O–H groups in total. The summed E-state index contributed by atoms with van der Waals surface area (Å²) >= 11 is 3.34. The highest BCUT2D eigenvalue weighted by atomic mass is 79.9. The van der Waals surface area contributed by atoms with Gasteiger partial charge < -0.3 is 9.47 Å². The standard InChI is InChI=1S/C23H21BrN2O4/c1-2-29-21-13-12-17(24)14-19(21)23(28)26-25-22(27)18-10-6-7-11-20(18)30-15-16-8-4-3-5-9-16/h3-14H,2,15H2,1H3,(H,25,27)(H,26,28). The Morgan fingerprint density at radius 3 is 2.17 bits per heavy atom. The van der Waals surface area contributed by atoms with Crippen LogP contribution in [0.15, 0.2) is 77.3 Å². The van der Waals surface area contributed by atoms with Gasteiger partial charge in [-0.1, -0.05) is 58.4 Å². The van der Waals surface area contributed by atoms with Gasteiger partial charge in [-0.25, -0.2) is 0 Å². The predicted molar refractivity (Wildman–Crippen MR) is 117 cm³/mol. The number of carbonyl (C=O) groups is 2. The third kappa shape index (κ3) is 5.61. The van der Waals surface area contributed by atoms with Gasteiger partial charge in [-0.05, 0) is 42.8 Å². The monoisotopic (exact) mass is 468 g/mol. The summed E-state index contributed by atoms with van der Waals surface area (Å²) in [7, 11) is 0. The molecule has 0 unspecified atom stereocenters. The Kier molecular flexibility index (Phi) is 7.45. The molecule has 154 valence electrons. The van der Waals surface area contributed by atoms with Gasteiger partial charge in [0.2, 0.25) is 0 Å². The second kappa shape index (κ2) is 10.5. The molecule has 0 bridgehead atoms. The molecule has 2 amide bonds. The Bertz CT molecular complexity index is 1020. The van der Waals surface area contributed by atoms with Crippen molar-refractivity contribution >= 4 is 27.7 Å². The average molecular weight is 469 g/mol. The highest BCUT2D eigenvalue weighted by molar-refractivity contribution is 9.10. The van der Waals surface area contributed by atoms with E-state index in [2.05, 4.69) is 26.8 Å². The summed E-state index contributed by atoms with van der Waals surface area (Å²) in [6.07, 6.45) is 0. The van der Waals surface area contributed by atoms with Gasteiger partial charge in [0.1, 0.15) is 18.1 Å². The lowest BCUT2D eigenvalue weighted by Crippen LogP contribution is -2.41. The first kappa shape index (κ1) is 21.4. The number of ether oxygens (including phenoxy) is 2. The number of amides is 2. The molecule has 0 heterocycles. The Morgan fingerprint density at radius 2 is 1.43 bits per heavy atom. The summed E-state index contributed by atoms with van der Waals surface area (Å²) in [4.78, 5) is 25.2. The minimum Gasteiger partial charge on any atom is -0.493 e. The Hall–Kier alpha value is -3.32. The Morgan fingerprint density at radius 1 is 0.800 bits per heavy atom. The first-order valence-electron chi connectivity index (χ1n) is 9.37. The van der Waals surface area contributed by atoms with E-state index >= 15 is 0 Å². The van der Waals surface area contributed by atoms with Crippen LogP contribution in [0, 0.1) is 0 Å². The highest BCUT2D eigenvalue weighted by Crippen LogP contribution is 2.23. The number of para-hydroxylation sites is 1. The maximum absolute atomic E-state index is 12.6. The fourth-order valence-electron chi connectivity index (χ4n) is 2.72. The van der Waals surface area contributed by atoms with Crippen LogP contribution in [-0.2, 0) is 6.61 Å². The average Bonchev–Trinajstić information content (AvgIpc) is 2.78. The van der Waals surface area contributed by atoms with Gasteiger partial charge in [-0.2, -0.15) is 0 Å². The number of rotatable bonds is 7. The van der Waals surface area contributed by atoms with E-state index in [1.165, 1.54) is 0 Å². The van der Waals surface area contributed by atoms with E-state index in [0.29, 0.717) is 35.8 Å². The molecule has 6 nitrogen and oxygen atoms in total. The van der Waals surface area contributed by atoms with Gasteiger partial charge in [0.05, 0.1) is 17.7 Å². The first-order valence-corrected chi connectivity index (χ1v) is 10.2. The van der Waals surface area contributed by atoms with E-state index in [0.717, 1.165) is 10.0 Å². The van der Waals surface area contributed by atoms with Crippen LogP contribution in [0.5, 0.6) is 11.5 Å². The molecule has 0 aliphatic carbocycles. The summed E-state index contributed by atoms with van der Waals surface area (Å²) in [6, 6.07) is 21.6. The largest absolute Gasteiger partial charge is 0.493 e. The minimum absolute atomic E-state index is 0.306. The highest BCUT2D eigenvalue weighted by Gasteiger charge is 2.16. The van der Waals surface area contributed by atoms with Crippen LogP contribution in [0.1, 0.15) is 33.2 Å². The zero-order valence-corrected chi connectivity index (χ0v) is 17.9. The molecule has 0 saturated heterocycles. The summed E-state index contributed by atoms with van der Waals surface area (Å²) < 4.78 is 12.0. The number of carbonyl (C=O) groups excluding carboxylic acids is 2. The summed E-state index contributed by atoms with van der Waals surface area (Å²) in [5, 5.41) is 0. The summed E-state index contributed by atoms with van der Waals surface area (Å²) in [6.45, 7) is 2.57. The van der Waals surface area contributed by atoms with Crippen molar-refractivity contribution in [3.8, 4) is 11.5 Å². The minimum atomic E-state index is -0.490. The normalized spacial score (nSPS) is 10.2. The maximum Gasteiger partial charge on any atom is 0.273 e. The number of hydrogen-bond donors (Lipinski definition) is 2. The van der Waals surface area contributed by atoms with E-state index in [1.807, 2.05) is 37.3 Å². The zero-order valence-electron chi connectivity index (χ0n) is 16.4. The van der Waals surface area contributed by atoms with Crippen LogP contribution >= 0.6 is 15.9 Å². The molecule has 0 radical (unpaired) electrons. The van der Waals surface area contributed by atoms with Crippen molar-refractivity contribution in [3.63, 3.8) is 0 Å². The lowest BCUT2D eigenvalue weighted by molar-refractivity contribution is 0.0842. The fraction of sp³-hybridized carbons (Fsp3) is 0.130. The van der Waals surface area contributed by atoms with Crippen LogP contribution in [0.4, 0.5) is 0 Å². The van der Waals surface area contributed by atoms with Crippen molar-refractivity contribution in [2.75, 3.05) is 6.61 Å². The van der Waals surface area contributed by atoms with Gasteiger partial charge >= 0.3 is 0 Å². The lowest BCUT2D eigenvalue weighted by atomic mass is 10.2. The lowest BCUT2D eigenvalue weighted by Gasteiger charge is -2.14. The molecule has 30 heavy (non-hydrogen) atoms. The molecule has 3 aromatic rings. The van der Waals surface area contributed by atoms with Crippen molar-refractivity contribution in [2.45, 2.75) is 13.5 Å². The van der Waals surface area contributed by atoms with E-state index in [4.69, 9.17) is 9.47 Å². The number of halogens is 1. The van der Waals surface area contributed by atoms with E-state index in [-0.39, 0.29) is 0 Å². The molecule has 0 aromatic heterocycles. The quantitative estimate of drug-likeness (QED) is 0.500. The molecule has 0 aliphatic heterocycles. The molecule has 0 saturated carbocycles. The van der Waals surface area contributed by atoms with E-state index in [9.17, 15) is 9.59 Å². The molecule has 0 spiro atoms. The van der Waals surface area contributed by atoms with Crippen LogP contribution < -0.4 is 20.3 Å². The van der Waals surface area contributed by atoms with Crippen molar-refractivity contribution < 1.29 is 19.1 Å². The SMILES string of the molecule is CCOc1ccc(Br)cc1C(=O)NNC(=O)c1ccccc1OCc1ccccc1. The van der Waals surface area contributed by atoms with Crippen LogP contribution in [0.2, 0.25) is 0 Å². The van der Waals surface area contributed by atoms with Gasteiger partial charge in [-0.15, -0.1) is 0 Å². The van der Waals surface area contributed by atoms with Gasteiger partial charge in [0, 0.05) is 4.47 Å². The second-order valence-electron chi connectivity index (χ2n) is 6.25. The smallest absolute Gasteiger partial charge is 0.273 e. The molecular formula is C23H21BrN2O4. The molecule has 7 heteroatoms. The number of nitrogens with one attached hydrogen (secondary N) is 2. The molecule has 0 fully saturated rings. The van der Waals surface area contributed by atoms with Gasteiger partial charge in [0.15, 0.2) is 0 Å². The molecular weight excluding hydrogens is 448 g/mol. The van der Waals surface area contributed by atoms with Gasteiger partial charge in [0.25, 0.3) is 11.8 Å². The van der Waals surface area contributed by atoms with E-state index in [1.54, 1.807) is 42.5 Å². The zero-order chi connectivity index (χ0) is 21.3. The molecule has 0 aliphatic rings. The topological polar surface area (TPSA) is 76.7 Å². The van der Waals surface area contributed by atoms with Crippen LogP contribution in [0.3, 0.4) is 0 Å². The Labute approximate surface area is 183 Å². The van der Waals surface area contributed by atoms with Crippen molar-refractivity contribution in [1.82, 2.24) is 10.9 Å². The predicted octanol–water partition coefficient (Wildman–Crippen LogP) is 4.50. The van der Waals surface area contributed by atoms with E-state index < -0.39 is 11.8 Å². The Balaban J connectivity index is 1.67.